The minimum Gasteiger partial charge on any atom is -0.489 e. The zero-order valence-electron chi connectivity index (χ0n) is 32.9. The molecule has 11 nitrogen and oxygen atoms in total. The molecule has 6 aromatic rings. The molecule has 8 rings (SSSR count). The van der Waals surface area contributed by atoms with E-state index in [2.05, 4.69) is 21.4 Å². The number of fused-ring (bicyclic) bond motifs is 2. The van der Waals surface area contributed by atoms with E-state index in [1.165, 1.54) is 7.11 Å². The smallest absolute Gasteiger partial charge is 0.328 e. The molecule has 60 heavy (non-hydrogen) atoms. The highest BCUT2D eigenvalue weighted by molar-refractivity contribution is 6.42. The maximum Gasteiger partial charge on any atom is 0.328 e. The van der Waals surface area contributed by atoms with Crippen LogP contribution < -0.4 is 19.5 Å². The van der Waals surface area contributed by atoms with Crippen LogP contribution in [0.15, 0.2) is 115 Å². The molecule has 5 aromatic carbocycles. The first-order chi connectivity index (χ1) is 29.1. The van der Waals surface area contributed by atoms with Gasteiger partial charge < -0.3 is 24.3 Å². The summed E-state index contributed by atoms with van der Waals surface area (Å²) in [5, 5.41) is 17.7. The molecule has 0 bridgehead atoms. The van der Waals surface area contributed by atoms with Gasteiger partial charge in [-0.15, -0.1) is 0 Å². The molecule has 1 aromatic heterocycles. The first-order valence-corrected chi connectivity index (χ1v) is 20.2. The molecular formula is C47H41Cl2N5O6. The first-order valence-electron chi connectivity index (χ1n) is 19.4. The number of aromatic nitrogens is 2. The summed E-state index contributed by atoms with van der Waals surface area (Å²) in [6.45, 7) is 1.51. The Morgan fingerprint density at radius 1 is 0.900 bits per heavy atom. The third-order valence-electron chi connectivity index (χ3n) is 10.8. The van der Waals surface area contributed by atoms with Gasteiger partial charge in [0.15, 0.2) is 17.6 Å². The van der Waals surface area contributed by atoms with E-state index in [4.69, 9.17) is 47.4 Å². The minimum atomic E-state index is -0.915. The number of nitrogens with one attached hydrogen (secondary N) is 1. The van der Waals surface area contributed by atoms with Crippen LogP contribution in [0.4, 0.5) is 0 Å². The van der Waals surface area contributed by atoms with Crippen molar-refractivity contribution in [3.8, 4) is 34.4 Å². The van der Waals surface area contributed by atoms with Gasteiger partial charge in [0.05, 0.1) is 40.5 Å². The van der Waals surface area contributed by atoms with Crippen LogP contribution in [0.5, 0.6) is 17.2 Å². The van der Waals surface area contributed by atoms with Crippen molar-refractivity contribution >= 4 is 35.1 Å². The van der Waals surface area contributed by atoms with Gasteiger partial charge in [-0.1, -0.05) is 77.8 Å². The number of amides is 1. The minimum absolute atomic E-state index is 0.240. The quantitative estimate of drug-likeness (QED) is 0.121. The second-order valence-electron chi connectivity index (χ2n) is 14.9. The van der Waals surface area contributed by atoms with Crippen LogP contribution in [-0.4, -0.2) is 52.4 Å². The molecule has 0 saturated heterocycles. The Kier molecular flexibility index (Phi) is 12.1. The largest absolute Gasteiger partial charge is 0.489 e. The van der Waals surface area contributed by atoms with Gasteiger partial charge in [0.1, 0.15) is 25.0 Å². The van der Waals surface area contributed by atoms with Crippen molar-refractivity contribution in [2.24, 2.45) is 7.05 Å². The number of hydrogen-bond acceptors (Lipinski definition) is 9. The van der Waals surface area contributed by atoms with Gasteiger partial charge in [-0.25, -0.2) is 4.79 Å². The van der Waals surface area contributed by atoms with E-state index in [1.807, 2.05) is 98.2 Å². The van der Waals surface area contributed by atoms with E-state index in [9.17, 15) is 9.59 Å². The molecule has 1 N–H and O–H groups in total. The maximum atomic E-state index is 14.3. The molecule has 0 saturated carbocycles. The normalized spacial score (nSPS) is 16.2. The lowest BCUT2D eigenvalue weighted by Crippen LogP contribution is -2.54. The number of benzene rings is 5. The van der Waals surface area contributed by atoms with Gasteiger partial charge in [0.25, 0.3) is 0 Å². The molecule has 3 atom stereocenters. The van der Waals surface area contributed by atoms with Crippen molar-refractivity contribution in [3.05, 3.63) is 165 Å². The second kappa shape index (κ2) is 17.9. The molecule has 0 aliphatic carbocycles. The summed E-state index contributed by atoms with van der Waals surface area (Å²) >= 11 is 12.2. The standard InChI is InChI=1S/C47H41Cl2N5O6/c1-53-18-17-37(52-53)26-54-25-36-23-44-43(59-28-45(60-44)34-12-14-38(15-13-34)58-27-31-7-16-39(48)40(49)19-31)22-35(36)21-42(54)46(55)51-41(47(56)57-2)20-29-3-8-32(9-4-29)33-10-5-30(24-50)6-11-33/h3-19,22-23,41-42,45H,20-21,25-28H2,1-2H3,(H,51,55)/t41-,42-,45?/m0/s1. The van der Waals surface area contributed by atoms with Crippen LogP contribution in [0.1, 0.15) is 45.2 Å². The van der Waals surface area contributed by atoms with Gasteiger partial charge in [0, 0.05) is 32.8 Å². The lowest BCUT2D eigenvalue weighted by atomic mass is 9.92. The van der Waals surface area contributed by atoms with Crippen LogP contribution in [-0.2, 0) is 53.9 Å². The highest BCUT2D eigenvalue weighted by Crippen LogP contribution is 2.41. The molecule has 0 radical (unpaired) electrons. The third-order valence-corrected chi connectivity index (χ3v) is 11.5. The van der Waals surface area contributed by atoms with E-state index in [1.54, 1.807) is 28.9 Å². The number of hydrogen-bond donors (Lipinski definition) is 1. The van der Waals surface area contributed by atoms with Crippen LogP contribution in [0.2, 0.25) is 10.0 Å². The molecule has 1 unspecified atom stereocenters. The number of aryl methyl sites for hydroxylation is 1. The number of nitrogens with zero attached hydrogens (tertiary/aromatic N) is 4. The topological polar surface area (TPSA) is 128 Å². The number of methoxy groups -OCH3 is 1. The average molecular weight is 843 g/mol. The van der Waals surface area contributed by atoms with E-state index in [0.717, 1.165) is 44.6 Å². The highest BCUT2D eigenvalue weighted by atomic mass is 35.5. The summed E-state index contributed by atoms with van der Waals surface area (Å²) in [5.41, 5.74) is 8.02. The fourth-order valence-electron chi connectivity index (χ4n) is 7.53. The summed E-state index contributed by atoms with van der Waals surface area (Å²) in [7, 11) is 3.18. The fraction of sp³-hybridized carbons (Fsp3) is 0.234. The molecule has 304 valence electrons. The van der Waals surface area contributed by atoms with Gasteiger partial charge in [0.2, 0.25) is 5.91 Å². The molecule has 2 aliphatic heterocycles. The monoisotopic (exact) mass is 841 g/mol. The summed E-state index contributed by atoms with van der Waals surface area (Å²) in [5.74, 6) is 1.12. The number of carbonyl (C=O) groups excluding carboxylic acids is 2. The Balaban J connectivity index is 0.964. The van der Waals surface area contributed by atoms with Gasteiger partial charge in [-0.05, 0) is 100.0 Å². The van der Waals surface area contributed by atoms with Crippen molar-refractivity contribution < 1.29 is 28.5 Å². The zero-order chi connectivity index (χ0) is 41.8. The predicted octanol–water partition coefficient (Wildman–Crippen LogP) is 8.18. The molecule has 0 spiro atoms. The van der Waals surface area contributed by atoms with Crippen LogP contribution in [0.25, 0.3) is 11.1 Å². The van der Waals surface area contributed by atoms with Crippen molar-refractivity contribution in [2.75, 3.05) is 13.7 Å². The highest BCUT2D eigenvalue weighted by Gasteiger charge is 2.36. The third kappa shape index (κ3) is 9.27. The van der Waals surface area contributed by atoms with Gasteiger partial charge >= 0.3 is 5.97 Å². The fourth-order valence-corrected chi connectivity index (χ4v) is 7.85. The predicted molar refractivity (Wildman–Crippen MR) is 227 cm³/mol. The number of halogens is 2. The lowest BCUT2D eigenvalue weighted by Gasteiger charge is -2.37. The van der Waals surface area contributed by atoms with E-state index >= 15 is 0 Å². The Labute approximate surface area is 358 Å². The number of ether oxygens (including phenoxy) is 4. The SMILES string of the molecule is COC(=O)[C@H](Cc1ccc(-c2ccc(C#N)cc2)cc1)NC(=O)[C@@H]1Cc2cc3c(cc2CN1Cc1ccn(C)n1)OC(c1ccc(OCc2ccc(Cl)c(Cl)c2)cc1)CO3. The average Bonchev–Trinajstić information content (AvgIpc) is 3.69. The number of esters is 1. The van der Waals surface area contributed by atoms with Crippen molar-refractivity contribution in [3.63, 3.8) is 0 Å². The summed E-state index contributed by atoms with van der Waals surface area (Å²) in [4.78, 5) is 29.5. The van der Waals surface area contributed by atoms with Crippen LogP contribution >= 0.6 is 23.2 Å². The maximum absolute atomic E-state index is 14.3. The van der Waals surface area contributed by atoms with E-state index in [-0.39, 0.29) is 18.4 Å². The second-order valence-corrected chi connectivity index (χ2v) is 15.7. The Hall–Kier alpha value is -6.32. The Morgan fingerprint density at radius 3 is 2.30 bits per heavy atom. The molecule has 1 amide bonds. The number of nitriles is 1. The summed E-state index contributed by atoms with van der Waals surface area (Å²) < 4.78 is 25.7. The molecular weight excluding hydrogens is 801 g/mol. The van der Waals surface area contributed by atoms with E-state index < -0.39 is 18.1 Å². The number of rotatable bonds is 12. The van der Waals surface area contributed by atoms with Crippen LogP contribution in [0.3, 0.4) is 0 Å². The summed E-state index contributed by atoms with van der Waals surface area (Å²) in [6.07, 6.45) is 2.15. The summed E-state index contributed by atoms with van der Waals surface area (Å²) in [6, 6.07) is 34.8. The van der Waals surface area contributed by atoms with Crippen molar-refractivity contribution in [2.45, 2.75) is 50.7 Å². The van der Waals surface area contributed by atoms with Gasteiger partial charge in [-0.2, -0.15) is 10.4 Å². The molecule has 3 heterocycles. The van der Waals surface area contributed by atoms with Crippen LogP contribution in [0, 0.1) is 11.3 Å². The molecule has 0 fully saturated rings. The molecule has 13 heteroatoms. The Bertz CT molecular complexity index is 2550. The van der Waals surface area contributed by atoms with E-state index in [0.29, 0.717) is 65.6 Å². The molecule has 2 aliphatic rings. The van der Waals surface area contributed by atoms with Crippen molar-refractivity contribution in [1.82, 2.24) is 20.0 Å². The first kappa shape index (κ1) is 40.5. The lowest BCUT2D eigenvalue weighted by molar-refractivity contribution is -0.146. The van der Waals surface area contributed by atoms with Crippen molar-refractivity contribution in [1.29, 1.82) is 5.26 Å². The zero-order valence-corrected chi connectivity index (χ0v) is 34.5. The number of carbonyl (C=O) groups is 2. The van der Waals surface area contributed by atoms with Gasteiger partial charge in [-0.3, -0.25) is 14.4 Å². The Morgan fingerprint density at radius 2 is 1.62 bits per heavy atom.